The highest BCUT2D eigenvalue weighted by atomic mass is 127. The second kappa shape index (κ2) is 5.90. The molecule has 1 aromatic heterocycles. The van der Waals surface area contributed by atoms with Crippen LogP contribution in [0.4, 0.5) is 0 Å². The summed E-state index contributed by atoms with van der Waals surface area (Å²) in [5.74, 6) is 2.55. The summed E-state index contributed by atoms with van der Waals surface area (Å²) in [4.78, 5) is 12.1. The van der Waals surface area contributed by atoms with Crippen LogP contribution in [0.25, 0.3) is 5.69 Å². The molecule has 2 aromatic rings. The zero-order chi connectivity index (χ0) is 14.0. The Hall–Kier alpha value is -1.10. The molecule has 0 bridgehead atoms. The number of imidazole rings is 1. The van der Waals surface area contributed by atoms with Crippen LogP contribution in [0, 0.1) is 9.85 Å². The van der Waals surface area contributed by atoms with Crippen molar-refractivity contribution in [3.8, 4) is 21.4 Å². The van der Waals surface area contributed by atoms with E-state index in [0.717, 1.165) is 4.57 Å². The van der Waals surface area contributed by atoms with Crippen LogP contribution in [-0.2, 0) is 6.54 Å². The topological polar surface area (TPSA) is 47.2 Å². The van der Waals surface area contributed by atoms with Crippen LogP contribution in [0.5, 0.6) is 5.88 Å². The Labute approximate surface area is 132 Å². The maximum Gasteiger partial charge on any atom is 0.336 e. The average Bonchev–Trinajstić information content (AvgIpc) is 2.60. The molecule has 4 nitrogen and oxygen atoms in total. The molecule has 0 saturated carbocycles. The zero-order valence-electron chi connectivity index (χ0n) is 9.40. The van der Waals surface area contributed by atoms with Gasteiger partial charge in [0.15, 0.2) is 0 Å². The van der Waals surface area contributed by atoms with Crippen LogP contribution < -0.4 is 5.69 Å². The predicted octanol–water partition coefficient (Wildman–Crippen LogP) is 3.05. The first-order chi connectivity index (χ1) is 9.02. The number of halogens is 3. The Morgan fingerprint density at radius 1 is 1.26 bits per heavy atom. The van der Waals surface area contributed by atoms with E-state index in [9.17, 15) is 9.90 Å². The monoisotopic (exact) mass is 408 g/mol. The standard InChI is InChI=1S/C12H7Cl2IN2O2/c13-8-4-9(14)6-10(5-8)17-11(18)7-16(12(17)19)3-1-2-15/h4-7,18H,3H2. The van der Waals surface area contributed by atoms with E-state index in [2.05, 4.69) is 9.85 Å². The van der Waals surface area contributed by atoms with Crippen LogP contribution >= 0.6 is 45.8 Å². The first-order valence-electron chi connectivity index (χ1n) is 5.09. The first kappa shape index (κ1) is 14.3. The molecule has 0 aliphatic rings. The van der Waals surface area contributed by atoms with Crippen molar-refractivity contribution in [3.05, 3.63) is 44.9 Å². The molecule has 1 aromatic carbocycles. The summed E-state index contributed by atoms with van der Waals surface area (Å²) in [7, 11) is 0. The van der Waals surface area contributed by atoms with Gasteiger partial charge in [0.05, 0.1) is 18.4 Å². The molecule has 0 aliphatic heterocycles. The minimum Gasteiger partial charge on any atom is -0.493 e. The molecule has 19 heavy (non-hydrogen) atoms. The first-order valence-corrected chi connectivity index (χ1v) is 6.92. The van der Waals surface area contributed by atoms with E-state index in [-0.39, 0.29) is 12.4 Å². The van der Waals surface area contributed by atoms with Crippen molar-refractivity contribution >= 4 is 45.8 Å². The molecule has 0 amide bonds. The molecule has 2 rings (SSSR count). The molecule has 0 atom stereocenters. The Morgan fingerprint density at radius 3 is 2.47 bits per heavy atom. The summed E-state index contributed by atoms with van der Waals surface area (Å²) in [5, 5.41) is 10.6. The fourth-order valence-electron chi connectivity index (χ4n) is 1.62. The van der Waals surface area contributed by atoms with Crippen molar-refractivity contribution in [3.63, 3.8) is 0 Å². The van der Waals surface area contributed by atoms with Gasteiger partial charge in [0.2, 0.25) is 5.88 Å². The van der Waals surface area contributed by atoms with Gasteiger partial charge in [-0.3, -0.25) is 4.57 Å². The molecule has 0 saturated heterocycles. The maximum atomic E-state index is 12.1. The summed E-state index contributed by atoms with van der Waals surface area (Å²) < 4.78 is 5.08. The molecule has 0 radical (unpaired) electrons. The number of aromatic nitrogens is 2. The van der Waals surface area contributed by atoms with E-state index in [1.807, 2.05) is 22.6 Å². The lowest BCUT2D eigenvalue weighted by molar-refractivity contribution is 0.441. The van der Waals surface area contributed by atoms with E-state index >= 15 is 0 Å². The SMILES string of the molecule is O=c1n(CC#CI)cc(O)n1-c1cc(Cl)cc(Cl)c1. The van der Waals surface area contributed by atoms with Crippen LogP contribution in [0.3, 0.4) is 0 Å². The molecule has 0 unspecified atom stereocenters. The molecular weight excluding hydrogens is 402 g/mol. The molecule has 0 aliphatic carbocycles. The number of hydrogen-bond acceptors (Lipinski definition) is 2. The molecule has 1 heterocycles. The summed E-state index contributed by atoms with van der Waals surface area (Å²) in [6.45, 7) is 0.205. The van der Waals surface area contributed by atoms with Gasteiger partial charge in [-0.05, 0) is 22.1 Å². The van der Waals surface area contributed by atoms with Gasteiger partial charge >= 0.3 is 5.69 Å². The summed E-state index contributed by atoms with van der Waals surface area (Å²) in [6, 6.07) is 4.64. The smallest absolute Gasteiger partial charge is 0.336 e. The Balaban J connectivity index is 2.58. The highest BCUT2D eigenvalue weighted by molar-refractivity contribution is 14.1. The minimum atomic E-state index is -0.407. The molecule has 98 valence electrons. The van der Waals surface area contributed by atoms with Gasteiger partial charge in [0, 0.05) is 32.6 Å². The molecule has 0 fully saturated rings. The third kappa shape index (κ3) is 3.08. The van der Waals surface area contributed by atoms with Crippen molar-refractivity contribution < 1.29 is 5.11 Å². The van der Waals surface area contributed by atoms with E-state index in [0.29, 0.717) is 15.7 Å². The second-order valence-electron chi connectivity index (χ2n) is 3.63. The zero-order valence-corrected chi connectivity index (χ0v) is 13.1. The average molecular weight is 409 g/mol. The van der Waals surface area contributed by atoms with Crippen molar-refractivity contribution in [2.75, 3.05) is 0 Å². The Bertz CT molecular complexity index is 720. The van der Waals surface area contributed by atoms with Gasteiger partial charge in [0.1, 0.15) is 0 Å². The van der Waals surface area contributed by atoms with E-state index in [1.54, 1.807) is 18.2 Å². The number of benzene rings is 1. The van der Waals surface area contributed by atoms with Gasteiger partial charge < -0.3 is 5.11 Å². The maximum absolute atomic E-state index is 12.1. The molecule has 7 heteroatoms. The number of rotatable bonds is 2. The fourth-order valence-corrected chi connectivity index (χ4v) is 2.30. The van der Waals surface area contributed by atoms with Gasteiger partial charge in [-0.1, -0.05) is 29.1 Å². The summed E-state index contributed by atoms with van der Waals surface area (Å²) >= 11 is 13.6. The lowest BCUT2D eigenvalue weighted by atomic mass is 10.3. The van der Waals surface area contributed by atoms with Crippen molar-refractivity contribution in [1.29, 1.82) is 0 Å². The Morgan fingerprint density at radius 2 is 1.89 bits per heavy atom. The van der Waals surface area contributed by atoms with E-state index in [4.69, 9.17) is 23.2 Å². The third-order valence-corrected chi connectivity index (χ3v) is 3.18. The van der Waals surface area contributed by atoms with Gasteiger partial charge in [-0.2, -0.15) is 0 Å². The van der Waals surface area contributed by atoms with E-state index in [1.165, 1.54) is 10.8 Å². The number of nitrogens with zero attached hydrogens (tertiary/aromatic N) is 2. The molecule has 0 spiro atoms. The summed E-state index contributed by atoms with van der Waals surface area (Å²) in [5.41, 5.74) is -0.00355. The van der Waals surface area contributed by atoms with E-state index < -0.39 is 5.69 Å². The Kier molecular flexibility index (Phi) is 4.45. The van der Waals surface area contributed by atoms with Gasteiger partial charge in [0.25, 0.3) is 0 Å². The fraction of sp³-hybridized carbons (Fsp3) is 0.0833. The lowest BCUT2D eigenvalue weighted by Gasteiger charge is -2.04. The third-order valence-electron chi connectivity index (χ3n) is 2.36. The number of hydrogen-bond donors (Lipinski definition) is 1. The van der Waals surface area contributed by atoms with Crippen LogP contribution in [0.15, 0.2) is 29.2 Å². The normalized spacial score (nSPS) is 10.1. The van der Waals surface area contributed by atoms with Gasteiger partial charge in [-0.25, -0.2) is 9.36 Å². The van der Waals surface area contributed by atoms with Crippen LogP contribution in [-0.4, -0.2) is 14.2 Å². The van der Waals surface area contributed by atoms with Crippen molar-refractivity contribution in [1.82, 2.24) is 9.13 Å². The van der Waals surface area contributed by atoms with Crippen molar-refractivity contribution in [2.45, 2.75) is 6.54 Å². The van der Waals surface area contributed by atoms with Crippen molar-refractivity contribution in [2.24, 2.45) is 0 Å². The highest BCUT2D eigenvalue weighted by Crippen LogP contribution is 2.23. The summed E-state index contributed by atoms with van der Waals surface area (Å²) in [6.07, 6.45) is 1.32. The van der Waals surface area contributed by atoms with Crippen LogP contribution in [0.1, 0.15) is 0 Å². The molecular formula is C12H7Cl2IN2O2. The lowest BCUT2D eigenvalue weighted by Crippen LogP contribution is -2.22. The van der Waals surface area contributed by atoms with Gasteiger partial charge in [-0.15, -0.1) is 0 Å². The highest BCUT2D eigenvalue weighted by Gasteiger charge is 2.12. The molecule has 1 N–H and O–H groups in total. The van der Waals surface area contributed by atoms with Crippen LogP contribution in [0.2, 0.25) is 10.0 Å². The quantitative estimate of drug-likeness (QED) is 0.613. The number of aromatic hydroxyl groups is 1. The minimum absolute atomic E-state index is 0.196. The second-order valence-corrected chi connectivity index (χ2v) is 5.04. The largest absolute Gasteiger partial charge is 0.493 e. The predicted molar refractivity (Wildman–Crippen MR) is 83.5 cm³/mol.